The van der Waals surface area contributed by atoms with Gasteiger partial charge in [0.1, 0.15) is 5.82 Å². The molecule has 0 aliphatic carbocycles. The highest BCUT2D eigenvalue weighted by Gasteiger charge is 2.30. The van der Waals surface area contributed by atoms with E-state index in [4.69, 9.17) is 11.5 Å². The van der Waals surface area contributed by atoms with Crippen LogP contribution in [0.15, 0.2) is 48.8 Å². The predicted molar refractivity (Wildman–Crippen MR) is 84.5 cm³/mol. The molecule has 0 radical (unpaired) electrons. The third-order valence-corrected chi connectivity index (χ3v) is 3.39. The maximum Gasteiger partial charge on any atom is 0.416 e. The van der Waals surface area contributed by atoms with Crippen LogP contribution in [0.25, 0.3) is 22.4 Å². The number of nitrogen functional groups attached to an aromatic ring is 2. The average Bonchev–Trinajstić information content (AvgIpc) is 2.54. The molecule has 2 heterocycles. The number of alkyl halides is 3. The Morgan fingerprint density at radius 2 is 1.58 bits per heavy atom. The average molecular weight is 331 g/mol. The quantitative estimate of drug-likeness (QED) is 0.751. The van der Waals surface area contributed by atoms with Gasteiger partial charge >= 0.3 is 6.18 Å². The molecule has 0 bridgehead atoms. The Balaban J connectivity index is 2.17. The van der Waals surface area contributed by atoms with Gasteiger partial charge in [-0.3, -0.25) is 4.98 Å². The van der Waals surface area contributed by atoms with Crippen molar-refractivity contribution in [3.05, 3.63) is 54.4 Å². The van der Waals surface area contributed by atoms with Crippen molar-refractivity contribution in [2.75, 3.05) is 11.5 Å². The largest absolute Gasteiger partial charge is 0.416 e. The second-order valence-corrected chi connectivity index (χ2v) is 5.01. The molecule has 2 aromatic heterocycles. The van der Waals surface area contributed by atoms with Crippen LogP contribution in [-0.2, 0) is 6.18 Å². The van der Waals surface area contributed by atoms with Crippen LogP contribution in [0, 0.1) is 0 Å². The maximum absolute atomic E-state index is 12.7. The van der Waals surface area contributed by atoms with E-state index in [1.807, 2.05) is 0 Å². The van der Waals surface area contributed by atoms with Gasteiger partial charge in [0, 0.05) is 23.5 Å². The lowest BCUT2D eigenvalue weighted by atomic mass is 10.00. The summed E-state index contributed by atoms with van der Waals surface area (Å²) in [7, 11) is 0. The van der Waals surface area contributed by atoms with Gasteiger partial charge in [-0.2, -0.15) is 18.2 Å². The molecule has 0 aliphatic heterocycles. The molecule has 24 heavy (non-hydrogen) atoms. The predicted octanol–water partition coefficient (Wildman–Crippen LogP) is 3.39. The van der Waals surface area contributed by atoms with E-state index in [1.165, 1.54) is 12.1 Å². The molecule has 0 spiro atoms. The standard InChI is InChI=1S/C16H12F3N5/c17-16(18,19)11-5-3-9(4-6-11)13-12(10-2-1-7-22-8-10)14(20)24-15(21)23-13/h1-8H,(H4,20,21,23,24). The Hall–Kier alpha value is -3.16. The van der Waals surface area contributed by atoms with Crippen LogP contribution in [0.1, 0.15) is 5.56 Å². The number of rotatable bonds is 2. The number of nitrogens with zero attached hydrogens (tertiary/aromatic N) is 3. The summed E-state index contributed by atoms with van der Waals surface area (Å²) in [5.41, 5.74) is 12.8. The highest BCUT2D eigenvalue weighted by molar-refractivity contribution is 5.87. The van der Waals surface area contributed by atoms with Crippen LogP contribution < -0.4 is 11.5 Å². The fourth-order valence-electron chi connectivity index (χ4n) is 2.32. The zero-order valence-corrected chi connectivity index (χ0v) is 12.2. The molecule has 4 N–H and O–H groups in total. The molecule has 0 saturated carbocycles. The molecule has 0 amide bonds. The summed E-state index contributed by atoms with van der Waals surface area (Å²) in [6.07, 6.45) is -1.25. The topological polar surface area (TPSA) is 90.7 Å². The highest BCUT2D eigenvalue weighted by atomic mass is 19.4. The molecule has 0 aliphatic rings. The van der Waals surface area contributed by atoms with E-state index in [1.54, 1.807) is 24.5 Å². The monoisotopic (exact) mass is 331 g/mol. The molecule has 0 fully saturated rings. The molecule has 3 rings (SSSR count). The van der Waals surface area contributed by atoms with E-state index in [2.05, 4.69) is 15.0 Å². The lowest BCUT2D eigenvalue weighted by molar-refractivity contribution is -0.137. The number of hydrogen-bond acceptors (Lipinski definition) is 5. The van der Waals surface area contributed by atoms with Gasteiger partial charge in [-0.15, -0.1) is 0 Å². The first kappa shape index (κ1) is 15.7. The molecule has 0 unspecified atom stereocenters. The molecule has 0 atom stereocenters. The summed E-state index contributed by atoms with van der Waals surface area (Å²) in [5, 5.41) is 0. The zero-order chi connectivity index (χ0) is 17.3. The van der Waals surface area contributed by atoms with Crippen molar-refractivity contribution in [3.63, 3.8) is 0 Å². The molecule has 5 nitrogen and oxygen atoms in total. The molecule has 8 heteroatoms. The summed E-state index contributed by atoms with van der Waals surface area (Å²) in [6, 6.07) is 8.08. The number of nitrogens with two attached hydrogens (primary N) is 2. The third-order valence-electron chi connectivity index (χ3n) is 3.39. The van der Waals surface area contributed by atoms with Gasteiger partial charge in [0.15, 0.2) is 0 Å². The number of aromatic nitrogens is 3. The molecular formula is C16H12F3N5. The smallest absolute Gasteiger partial charge is 0.383 e. The Morgan fingerprint density at radius 1 is 0.875 bits per heavy atom. The fourth-order valence-corrected chi connectivity index (χ4v) is 2.32. The van der Waals surface area contributed by atoms with Crippen molar-refractivity contribution in [1.82, 2.24) is 15.0 Å². The van der Waals surface area contributed by atoms with E-state index in [9.17, 15) is 13.2 Å². The van der Waals surface area contributed by atoms with Crippen molar-refractivity contribution in [2.24, 2.45) is 0 Å². The normalized spacial score (nSPS) is 11.5. The van der Waals surface area contributed by atoms with Gasteiger partial charge in [0.05, 0.1) is 16.8 Å². The van der Waals surface area contributed by atoms with Crippen molar-refractivity contribution in [2.45, 2.75) is 6.18 Å². The van der Waals surface area contributed by atoms with E-state index in [0.29, 0.717) is 22.4 Å². The van der Waals surface area contributed by atoms with Gasteiger partial charge in [-0.25, -0.2) is 4.98 Å². The summed E-state index contributed by atoms with van der Waals surface area (Å²) in [4.78, 5) is 12.1. The summed E-state index contributed by atoms with van der Waals surface area (Å²) in [5.74, 6) is 0.0698. The van der Waals surface area contributed by atoms with Gasteiger partial charge in [-0.05, 0) is 18.2 Å². The van der Waals surface area contributed by atoms with Crippen molar-refractivity contribution < 1.29 is 13.2 Å². The minimum absolute atomic E-state index is 0.0601. The SMILES string of the molecule is Nc1nc(N)c(-c2cccnc2)c(-c2ccc(C(F)(F)F)cc2)n1. The van der Waals surface area contributed by atoms with Crippen LogP contribution in [-0.4, -0.2) is 15.0 Å². The first-order chi connectivity index (χ1) is 11.4. The fraction of sp³-hybridized carbons (Fsp3) is 0.0625. The number of benzene rings is 1. The Labute approximate surface area is 135 Å². The van der Waals surface area contributed by atoms with E-state index >= 15 is 0 Å². The van der Waals surface area contributed by atoms with Crippen LogP contribution in [0.2, 0.25) is 0 Å². The first-order valence-electron chi connectivity index (χ1n) is 6.87. The first-order valence-corrected chi connectivity index (χ1v) is 6.87. The summed E-state index contributed by atoms with van der Waals surface area (Å²) < 4.78 is 38.2. The number of halogens is 3. The zero-order valence-electron chi connectivity index (χ0n) is 12.2. The van der Waals surface area contributed by atoms with Crippen molar-refractivity contribution in [3.8, 4) is 22.4 Å². The molecule has 1 aromatic carbocycles. The summed E-state index contributed by atoms with van der Waals surface area (Å²) >= 11 is 0. The van der Waals surface area contributed by atoms with Crippen LogP contribution in [0.5, 0.6) is 0 Å². The van der Waals surface area contributed by atoms with Gasteiger partial charge in [0.25, 0.3) is 0 Å². The number of hydrogen-bond donors (Lipinski definition) is 2. The molecule has 0 saturated heterocycles. The van der Waals surface area contributed by atoms with Crippen LogP contribution in [0.3, 0.4) is 0 Å². The van der Waals surface area contributed by atoms with E-state index in [-0.39, 0.29) is 11.8 Å². The maximum atomic E-state index is 12.7. The minimum atomic E-state index is -4.41. The van der Waals surface area contributed by atoms with Crippen LogP contribution in [0.4, 0.5) is 24.9 Å². The van der Waals surface area contributed by atoms with Crippen LogP contribution >= 0.6 is 0 Å². The lowest BCUT2D eigenvalue weighted by Gasteiger charge is -2.13. The lowest BCUT2D eigenvalue weighted by Crippen LogP contribution is -2.06. The second kappa shape index (κ2) is 5.80. The third kappa shape index (κ3) is 2.98. The number of pyridine rings is 1. The van der Waals surface area contributed by atoms with Gasteiger partial charge in [0.2, 0.25) is 5.95 Å². The minimum Gasteiger partial charge on any atom is -0.383 e. The van der Waals surface area contributed by atoms with E-state index in [0.717, 1.165) is 12.1 Å². The Morgan fingerprint density at radius 3 is 2.17 bits per heavy atom. The highest BCUT2D eigenvalue weighted by Crippen LogP contribution is 2.36. The second-order valence-electron chi connectivity index (χ2n) is 5.01. The van der Waals surface area contributed by atoms with Crippen molar-refractivity contribution >= 4 is 11.8 Å². The van der Waals surface area contributed by atoms with Gasteiger partial charge < -0.3 is 11.5 Å². The Bertz CT molecular complexity index is 861. The molecular weight excluding hydrogens is 319 g/mol. The summed E-state index contributed by atoms with van der Waals surface area (Å²) in [6.45, 7) is 0. The van der Waals surface area contributed by atoms with Crippen molar-refractivity contribution in [1.29, 1.82) is 0 Å². The molecule has 3 aromatic rings. The van der Waals surface area contributed by atoms with E-state index < -0.39 is 11.7 Å². The Kier molecular flexibility index (Phi) is 3.80. The number of anilines is 2. The van der Waals surface area contributed by atoms with Gasteiger partial charge in [-0.1, -0.05) is 18.2 Å². The molecule has 122 valence electrons.